The van der Waals surface area contributed by atoms with Crippen LogP contribution in [0.15, 0.2) is 10.7 Å². The topological polar surface area (TPSA) is 81.2 Å². The first-order chi connectivity index (χ1) is 7.15. The van der Waals surface area contributed by atoms with E-state index in [1.165, 1.54) is 6.26 Å². The van der Waals surface area contributed by atoms with E-state index in [-0.39, 0.29) is 23.9 Å². The lowest BCUT2D eigenvalue weighted by atomic mass is 10.1. The highest BCUT2D eigenvalue weighted by molar-refractivity contribution is 5.90. The van der Waals surface area contributed by atoms with Crippen LogP contribution in [0.25, 0.3) is 0 Å². The Kier molecular flexibility index (Phi) is 2.73. The van der Waals surface area contributed by atoms with Crippen LogP contribution in [0, 0.1) is 12.8 Å². The molecule has 0 saturated heterocycles. The molecule has 0 radical (unpaired) electrons. The maximum absolute atomic E-state index is 11.7. The number of nitrogens with two attached hydrogens (primary N) is 1. The summed E-state index contributed by atoms with van der Waals surface area (Å²) >= 11 is 0. The smallest absolute Gasteiger partial charge is 0.301 e. The van der Waals surface area contributed by atoms with Gasteiger partial charge in [-0.3, -0.25) is 10.1 Å². The number of nitrogens with zero attached hydrogens (tertiary/aromatic N) is 1. The van der Waals surface area contributed by atoms with E-state index in [1.54, 1.807) is 0 Å². The van der Waals surface area contributed by atoms with Crippen molar-refractivity contribution < 1.29 is 9.21 Å². The second-order valence-electron chi connectivity index (χ2n) is 4.05. The molecule has 5 nitrogen and oxygen atoms in total. The monoisotopic (exact) mass is 209 g/mol. The number of hydrogen-bond donors (Lipinski definition) is 2. The van der Waals surface area contributed by atoms with Gasteiger partial charge in [0.25, 0.3) is 0 Å². The van der Waals surface area contributed by atoms with Crippen molar-refractivity contribution in [3.05, 3.63) is 12.0 Å². The highest BCUT2D eigenvalue weighted by Crippen LogP contribution is 2.25. The quantitative estimate of drug-likeness (QED) is 0.762. The number of rotatable bonds is 2. The summed E-state index contributed by atoms with van der Waals surface area (Å²) in [5, 5.41) is 2.65. The van der Waals surface area contributed by atoms with Crippen molar-refractivity contribution in [3.8, 4) is 0 Å². The third-order valence-electron chi connectivity index (χ3n) is 2.69. The number of anilines is 1. The Balaban J connectivity index is 1.92. The van der Waals surface area contributed by atoms with Gasteiger partial charge < -0.3 is 10.2 Å². The minimum Gasteiger partial charge on any atom is -0.432 e. The van der Waals surface area contributed by atoms with Crippen molar-refractivity contribution in [2.45, 2.75) is 32.2 Å². The number of nitrogens with one attached hydrogen (secondary N) is 1. The van der Waals surface area contributed by atoms with E-state index in [1.807, 2.05) is 6.92 Å². The third kappa shape index (κ3) is 2.36. The van der Waals surface area contributed by atoms with Crippen LogP contribution in [0.4, 0.5) is 6.01 Å². The standard InChI is InChI=1S/C10H15N3O2/c1-6-5-15-10(12-6)13-9(14)7-2-3-8(11)4-7/h5,7-8H,2-4,11H2,1H3,(H,12,13,14). The molecular formula is C10H15N3O2. The van der Waals surface area contributed by atoms with Crippen LogP contribution in [-0.4, -0.2) is 16.9 Å². The molecule has 2 unspecified atom stereocenters. The number of aryl methyl sites for hydroxylation is 1. The minimum absolute atomic E-state index is 0.00667. The Morgan fingerprint density at radius 3 is 3.00 bits per heavy atom. The molecule has 15 heavy (non-hydrogen) atoms. The van der Waals surface area contributed by atoms with E-state index >= 15 is 0 Å². The van der Waals surface area contributed by atoms with Gasteiger partial charge in [-0.05, 0) is 26.2 Å². The molecule has 2 rings (SSSR count). The molecule has 1 aliphatic carbocycles. The van der Waals surface area contributed by atoms with Gasteiger partial charge in [0.2, 0.25) is 5.91 Å². The third-order valence-corrected chi connectivity index (χ3v) is 2.69. The zero-order valence-electron chi connectivity index (χ0n) is 8.69. The van der Waals surface area contributed by atoms with Gasteiger partial charge in [0.15, 0.2) is 0 Å². The fourth-order valence-electron chi connectivity index (χ4n) is 1.87. The van der Waals surface area contributed by atoms with Crippen LogP contribution in [0.5, 0.6) is 0 Å². The van der Waals surface area contributed by atoms with Crippen LogP contribution in [-0.2, 0) is 4.79 Å². The summed E-state index contributed by atoms with van der Waals surface area (Å²) < 4.78 is 5.05. The Hall–Kier alpha value is -1.36. The first kappa shape index (κ1) is 10.2. The van der Waals surface area contributed by atoms with Crippen molar-refractivity contribution in [2.75, 3.05) is 5.32 Å². The fourth-order valence-corrected chi connectivity index (χ4v) is 1.87. The van der Waals surface area contributed by atoms with Crippen molar-refractivity contribution in [1.29, 1.82) is 0 Å². The van der Waals surface area contributed by atoms with E-state index in [0.717, 1.165) is 25.0 Å². The summed E-state index contributed by atoms with van der Waals surface area (Å²) in [6.07, 6.45) is 4.04. The molecule has 2 atom stereocenters. The SMILES string of the molecule is Cc1coc(NC(=O)C2CCC(N)C2)n1. The summed E-state index contributed by atoms with van der Waals surface area (Å²) in [5.41, 5.74) is 6.50. The fraction of sp³-hybridized carbons (Fsp3) is 0.600. The zero-order chi connectivity index (χ0) is 10.8. The molecule has 0 spiro atoms. The number of aromatic nitrogens is 1. The molecule has 1 aliphatic rings. The van der Waals surface area contributed by atoms with Gasteiger partial charge in [0.05, 0.1) is 5.69 Å². The van der Waals surface area contributed by atoms with E-state index < -0.39 is 0 Å². The molecule has 0 bridgehead atoms. The van der Waals surface area contributed by atoms with Gasteiger partial charge in [-0.1, -0.05) is 0 Å². The molecule has 3 N–H and O–H groups in total. The maximum atomic E-state index is 11.7. The van der Waals surface area contributed by atoms with Gasteiger partial charge >= 0.3 is 6.01 Å². The van der Waals surface area contributed by atoms with E-state index in [4.69, 9.17) is 10.2 Å². The Bertz CT molecular complexity index is 361. The van der Waals surface area contributed by atoms with Crippen molar-refractivity contribution in [1.82, 2.24) is 4.98 Å². The van der Waals surface area contributed by atoms with Crippen LogP contribution < -0.4 is 11.1 Å². The number of carbonyl (C=O) groups is 1. The normalized spacial score (nSPS) is 25.5. The lowest BCUT2D eigenvalue weighted by Crippen LogP contribution is -2.23. The predicted molar refractivity (Wildman–Crippen MR) is 55.2 cm³/mol. The van der Waals surface area contributed by atoms with E-state index in [9.17, 15) is 4.79 Å². The molecule has 1 heterocycles. The van der Waals surface area contributed by atoms with E-state index in [0.29, 0.717) is 0 Å². The minimum atomic E-state index is -0.0372. The second-order valence-corrected chi connectivity index (χ2v) is 4.05. The van der Waals surface area contributed by atoms with Gasteiger partial charge in [-0.25, -0.2) is 0 Å². The maximum Gasteiger partial charge on any atom is 0.301 e. The Morgan fingerprint density at radius 1 is 1.67 bits per heavy atom. The molecule has 5 heteroatoms. The van der Waals surface area contributed by atoms with Crippen molar-refractivity contribution in [2.24, 2.45) is 11.7 Å². The summed E-state index contributed by atoms with van der Waals surface area (Å²) in [7, 11) is 0. The van der Waals surface area contributed by atoms with Crippen LogP contribution in [0.1, 0.15) is 25.0 Å². The van der Waals surface area contributed by atoms with Crippen molar-refractivity contribution >= 4 is 11.9 Å². The summed E-state index contributed by atoms with van der Waals surface area (Å²) in [6.45, 7) is 1.81. The summed E-state index contributed by atoms with van der Waals surface area (Å²) in [4.78, 5) is 15.7. The number of carbonyl (C=O) groups excluding carboxylic acids is 1. The lowest BCUT2D eigenvalue weighted by molar-refractivity contribution is -0.119. The molecule has 1 aromatic rings. The highest BCUT2D eigenvalue weighted by atomic mass is 16.4. The zero-order valence-corrected chi connectivity index (χ0v) is 8.69. The predicted octanol–water partition coefficient (Wildman–Crippen LogP) is 1.05. The first-order valence-electron chi connectivity index (χ1n) is 5.13. The number of oxazole rings is 1. The van der Waals surface area contributed by atoms with Gasteiger partial charge in [0, 0.05) is 12.0 Å². The summed E-state index contributed by atoms with van der Waals surface area (Å²) in [6, 6.07) is 0.435. The van der Waals surface area contributed by atoms with Crippen LogP contribution in [0.2, 0.25) is 0 Å². The van der Waals surface area contributed by atoms with Gasteiger partial charge in [-0.15, -0.1) is 0 Å². The number of amides is 1. The molecular weight excluding hydrogens is 194 g/mol. The lowest BCUT2D eigenvalue weighted by Gasteiger charge is -2.07. The molecule has 1 amide bonds. The largest absolute Gasteiger partial charge is 0.432 e. The second kappa shape index (κ2) is 4.02. The molecule has 1 aromatic heterocycles. The molecule has 1 fully saturated rings. The molecule has 1 saturated carbocycles. The Morgan fingerprint density at radius 2 is 2.47 bits per heavy atom. The van der Waals surface area contributed by atoms with Gasteiger partial charge in [0.1, 0.15) is 6.26 Å². The molecule has 0 aliphatic heterocycles. The first-order valence-corrected chi connectivity index (χ1v) is 5.13. The van der Waals surface area contributed by atoms with E-state index in [2.05, 4.69) is 10.3 Å². The average molecular weight is 209 g/mol. The van der Waals surface area contributed by atoms with Crippen LogP contribution >= 0.6 is 0 Å². The van der Waals surface area contributed by atoms with Gasteiger partial charge in [-0.2, -0.15) is 4.98 Å². The summed E-state index contributed by atoms with van der Waals surface area (Å²) in [5.74, 6) is -0.0305. The molecule has 82 valence electrons. The molecule has 0 aromatic carbocycles. The Labute approximate surface area is 88.0 Å². The average Bonchev–Trinajstić information content (AvgIpc) is 2.75. The number of hydrogen-bond acceptors (Lipinski definition) is 4. The highest BCUT2D eigenvalue weighted by Gasteiger charge is 2.28. The van der Waals surface area contributed by atoms with Crippen LogP contribution in [0.3, 0.4) is 0 Å². The van der Waals surface area contributed by atoms with Crippen molar-refractivity contribution in [3.63, 3.8) is 0 Å².